The summed E-state index contributed by atoms with van der Waals surface area (Å²) < 4.78 is 20.2. The lowest BCUT2D eigenvalue weighted by Gasteiger charge is -2.26. The Morgan fingerprint density at radius 2 is 2.04 bits per heavy atom. The minimum atomic E-state index is -0.977. The number of ether oxygens (including phenoxy) is 2. The first-order chi connectivity index (χ1) is 11.1. The van der Waals surface area contributed by atoms with Crippen LogP contribution in [0.5, 0.6) is 0 Å². The number of rotatable bonds is 3. The molecule has 6 heteroatoms. The highest BCUT2D eigenvalue weighted by atomic mass is 35.5. The first kappa shape index (κ1) is 14.8. The molecule has 1 saturated heterocycles. The molecule has 5 nitrogen and oxygen atoms in total. The Balaban J connectivity index is 1.84. The Morgan fingerprint density at radius 3 is 2.74 bits per heavy atom. The molecule has 120 valence electrons. The fraction of sp³-hybridized carbons (Fsp3) is 0.353. The molecule has 3 heterocycles. The highest BCUT2D eigenvalue weighted by Crippen LogP contribution is 2.43. The number of hydrogen-bond acceptors (Lipinski definition) is 4. The van der Waals surface area contributed by atoms with Gasteiger partial charge in [0.25, 0.3) is 0 Å². The van der Waals surface area contributed by atoms with Crippen LogP contribution in [0, 0.1) is 0 Å². The molecule has 0 amide bonds. The van der Waals surface area contributed by atoms with Crippen LogP contribution in [0.4, 0.5) is 0 Å². The van der Waals surface area contributed by atoms with Gasteiger partial charge in [0.15, 0.2) is 5.76 Å². The second kappa shape index (κ2) is 5.37. The van der Waals surface area contributed by atoms with E-state index < -0.39 is 5.79 Å². The molecular formula is C17H17ClN2O3. The lowest BCUT2D eigenvalue weighted by molar-refractivity contribution is -0.202. The van der Waals surface area contributed by atoms with E-state index in [0.29, 0.717) is 17.3 Å². The van der Waals surface area contributed by atoms with Crippen molar-refractivity contribution >= 4 is 22.4 Å². The molecule has 1 aliphatic heterocycles. The minimum Gasteiger partial charge on any atom is -0.462 e. The van der Waals surface area contributed by atoms with Crippen LogP contribution in [0.15, 0.2) is 47.6 Å². The molecule has 0 saturated carbocycles. The highest BCUT2D eigenvalue weighted by molar-refractivity contribution is 6.31. The van der Waals surface area contributed by atoms with Gasteiger partial charge in [-0.15, -0.1) is 0 Å². The van der Waals surface area contributed by atoms with Crippen LogP contribution in [-0.2, 0) is 21.8 Å². The van der Waals surface area contributed by atoms with E-state index in [1.54, 1.807) is 18.8 Å². The van der Waals surface area contributed by atoms with Crippen molar-refractivity contribution in [1.82, 2.24) is 9.55 Å². The summed E-state index contributed by atoms with van der Waals surface area (Å²) in [6.07, 6.45) is 6.97. The van der Waals surface area contributed by atoms with Crippen molar-refractivity contribution in [1.29, 1.82) is 0 Å². The number of aromatic nitrogens is 2. The Morgan fingerprint density at radius 1 is 1.26 bits per heavy atom. The van der Waals surface area contributed by atoms with Gasteiger partial charge in [-0.3, -0.25) is 0 Å². The van der Waals surface area contributed by atoms with Crippen molar-refractivity contribution in [3.8, 4) is 0 Å². The summed E-state index contributed by atoms with van der Waals surface area (Å²) in [5, 5.41) is 2.54. The second-order valence-electron chi connectivity index (χ2n) is 5.93. The van der Waals surface area contributed by atoms with Gasteiger partial charge in [-0.2, -0.15) is 0 Å². The highest BCUT2D eigenvalue weighted by Gasteiger charge is 2.49. The third-order valence-electron chi connectivity index (χ3n) is 4.27. The summed E-state index contributed by atoms with van der Waals surface area (Å²) in [5.74, 6) is -0.316. The molecule has 0 radical (unpaired) electrons. The molecular weight excluding hydrogens is 316 g/mol. The molecule has 0 N–H and O–H groups in total. The molecule has 0 bridgehead atoms. The number of fused-ring (bicyclic) bond motifs is 1. The Kier molecular flexibility index (Phi) is 3.44. The Labute approximate surface area is 138 Å². The van der Waals surface area contributed by atoms with Gasteiger partial charge in [-0.25, -0.2) is 4.98 Å². The molecule has 2 unspecified atom stereocenters. The average molecular weight is 333 g/mol. The van der Waals surface area contributed by atoms with Crippen molar-refractivity contribution < 1.29 is 13.9 Å². The maximum absolute atomic E-state index is 6.22. The fourth-order valence-corrected chi connectivity index (χ4v) is 3.19. The number of furan rings is 1. The predicted molar refractivity (Wildman–Crippen MR) is 86.2 cm³/mol. The topological polar surface area (TPSA) is 49.4 Å². The van der Waals surface area contributed by atoms with Gasteiger partial charge in [0.2, 0.25) is 5.79 Å². The van der Waals surface area contributed by atoms with E-state index in [-0.39, 0.29) is 12.2 Å². The number of nitrogens with zero attached hydrogens (tertiary/aromatic N) is 2. The van der Waals surface area contributed by atoms with Crippen LogP contribution in [0.3, 0.4) is 0 Å². The smallest absolute Gasteiger partial charge is 0.248 e. The summed E-state index contributed by atoms with van der Waals surface area (Å²) in [6.45, 7) is 4.47. The molecule has 1 aliphatic rings. The lowest BCUT2D eigenvalue weighted by atomic mass is 10.1. The molecule has 4 rings (SSSR count). The third kappa shape index (κ3) is 2.45. The van der Waals surface area contributed by atoms with Crippen molar-refractivity contribution in [2.75, 3.05) is 0 Å². The van der Waals surface area contributed by atoms with Crippen LogP contribution in [0.2, 0.25) is 5.02 Å². The average Bonchev–Trinajstić information content (AvgIpc) is 3.20. The number of benzene rings is 1. The Hall–Kier alpha value is -1.82. The zero-order valence-electron chi connectivity index (χ0n) is 12.9. The van der Waals surface area contributed by atoms with Crippen molar-refractivity contribution in [2.24, 2.45) is 0 Å². The lowest BCUT2D eigenvalue weighted by Crippen LogP contribution is -2.33. The van der Waals surface area contributed by atoms with Crippen LogP contribution >= 0.6 is 11.6 Å². The van der Waals surface area contributed by atoms with Gasteiger partial charge < -0.3 is 18.5 Å². The van der Waals surface area contributed by atoms with Gasteiger partial charge >= 0.3 is 0 Å². The van der Waals surface area contributed by atoms with E-state index in [1.165, 1.54) is 0 Å². The van der Waals surface area contributed by atoms with E-state index in [9.17, 15) is 0 Å². The zero-order valence-corrected chi connectivity index (χ0v) is 13.7. The van der Waals surface area contributed by atoms with Gasteiger partial charge in [0.05, 0.1) is 31.3 Å². The van der Waals surface area contributed by atoms with Crippen LogP contribution in [0.1, 0.15) is 19.6 Å². The van der Waals surface area contributed by atoms with E-state index >= 15 is 0 Å². The minimum absolute atomic E-state index is 0.0361. The van der Waals surface area contributed by atoms with Gasteiger partial charge in [-0.05, 0) is 32.0 Å². The number of hydrogen-bond donors (Lipinski definition) is 0. The normalized spacial score (nSPS) is 27.8. The van der Waals surface area contributed by atoms with Gasteiger partial charge in [-0.1, -0.05) is 11.6 Å². The van der Waals surface area contributed by atoms with Crippen LogP contribution < -0.4 is 0 Å². The number of imidazole rings is 1. The molecule has 1 aromatic carbocycles. The van der Waals surface area contributed by atoms with Gasteiger partial charge in [0, 0.05) is 28.2 Å². The monoisotopic (exact) mass is 332 g/mol. The maximum Gasteiger partial charge on any atom is 0.248 e. The first-order valence-electron chi connectivity index (χ1n) is 7.56. The van der Waals surface area contributed by atoms with E-state index in [1.807, 2.05) is 42.8 Å². The first-order valence-corrected chi connectivity index (χ1v) is 7.94. The quantitative estimate of drug-likeness (QED) is 0.728. The SMILES string of the molecule is CC1OC(Cn2ccnc2)(c2occ3cc(Cl)ccc23)OC1C. The largest absolute Gasteiger partial charge is 0.462 e. The van der Waals surface area contributed by atoms with Crippen LogP contribution in [0.25, 0.3) is 10.8 Å². The van der Waals surface area contributed by atoms with E-state index in [2.05, 4.69) is 4.98 Å². The maximum atomic E-state index is 6.22. The molecule has 2 atom stereocenters. The van der Waals surface area contributed by atoms with Crippen LogP contribution in [-0.4, -0.2) is 21.8 Å². The molecule has 1 fully saturated rings. The summed E-state index contributed by atoms with van der Waals surface area (Å²) in [7, 11) is 0. The molecule has 2 aromatic heterocycles. The van der Waals surface area contributed by atoms with Crippen molar-refractivity contribution in [3.63, 3.8) is 0 Å². The molecule has 3 aromatic rings. The second-order valence-corrected chi connectivity index (χ2v) is 6.37. The summed E-state index contributed by atoms with van der Waals surface area (Å²) in [4.78, 5) is 4.09. The third-order valence-corrected chi connectivity index (χ3v) is 4.51. The molecule has 0 spiro atoms. The van der Waals surface area contributed by atoms with Gasteiger partial charge in [0.1, 0.15) is 0 Å². The standard InChI is InChI=1S/C17H17ClN2O3/c1-11-12(2)23-17(22-11,9-20-6-5-19-10-20)16-15-4-3-14(18)7-13(15)8-21-16/h3-8,10-12H,9H2,1-2H3. The summed E-state index contributed by atoms with van der Waals surface area (Å²) >= 11 is 6.07. The number of halogens is 1. The Bertz CT molecular complexity index is 818. The molecule has 23 heavy (non-hydrogen) atoms. The predicted octanol–water partition coefficient (Wildman–Crippen LogP) is 3.96. The summed E-state index contributed by atoms with van der Waals surface area (Å²) in [5.41, 5.74) is 0. The molecule has 0 aliphatic carbocycles. The fourth-order valence-electron chi connectivity index (χ4n) is 3.01. The summed E-state index contributed by atoms with van der Waals surface area (Å²) in [6, 6.07) is 5.65. The van der Waals surface area contributed by atoms with E-state index in [0.717, 1.165) is 10.8 Å². The van der Waals surface area contributed by atoms with Crippen molar-refractivity contribution in [3.05, 3.63) is 54.0 Å². The van der Waals surface area contributed by atoms with Crippen molar-refractivity contribution in [2.45, 2.75) is 38.4 Å². The van der Waals surface area contributed by atoms with E-state index in [4.69, 9.17) is 25.5 Å². The zero-order chi connectivity index (χ0) is 16.0.